The Balaban J connectivity index is 1.95. The molecule has 0 aromatic rings. The van der Waals surface area contributed by atoms with Gasteiger partial charge in [0.15, 0.2) is 0 Å². The van der Waals surface area contributed by atoms with E-state index in [0.29, 0.717) is 5.92 Å². The predicted octanol–water partition coefficient (Wildman–Crippen LogP) is 1.66. The van der Waals surface area contributed by atoms with Gasteiger partial charge in [0.05, 0.1) is 0 Å². The molecule has 0 bridgehead atoms. The molecular weight excluding hydrogens is 150 g/mol. The lowest BCUT2D eigenvalue weighted by Crippen LogP contribution is -2.26. The van der Waals surface area contributed by atoms with E-state index < -0.39 is 0 Å². The van der Waals surface area contributed by atoms with E-state index >= 15 is 0 Å². The lowest BCUT2D eigenvalue weighted by molar-refractivity contribution is 0.158. The van der Waals surface area contributed by atoms with Gasteiger partial charge in [-0.2, -0.15) is 0 Å². The highest BCUT2D eigenvalue weighted by atomic mass is 16.5. The number of ether oxygens (including phenoxy) is 1. The number of rotatable bonds is 6. The number of methoxy groups -OCH3 is 1. The van der Waals surface area contributed by atoms with Crippen LogP contribution >= 0.6 is 0 Å². The van der Waals surface area contributed by atoms with Gasteiger partial charge in [0.1, 0.15) is 0 Å². The van der Waals surface area contributed by atoms with Crippen LogP contribution in [-0.4, -0.2) is 26.3 Å². The van der Waals surface area contributed by atoms with Crippen molar-refractivity contribution >= 4 is 0 Å². The molecule has 0 radical (unpaired) electrons. The second-order valence-electron chi connectivity index (χ2n) is 3.98. The first-order valence-electron chi connectivity index (χ1n) is 5.00. The molecule has 1 saturated carbocycles. The molecule has 0 aliphatic heterocycles. The predicted molar refractivity (Wildman–Crippen MR) is 51.2 cm³/mol. The Morgan fingerprint density at radius 2 is 2.33 bits per heavy atom. The summed E-state index contributed by atoms with van der Waals surface area (Å²) in [7, 11) is 1.77. The Bertz CT molecular complexity index is 125. The first-order valence-corrected chi connectivity index (χ1v) is 5.00. The van der Waals surface area contributed by atoms with Crippen LogP contribution < -0.4 is 5.32 Å². The molecule has 3 unspecified atom stereocenters. The van der Waals surface area contributed by atoms with Gasteiger partial charge in [-0.3, -0.25) is 0 Å². The zero-order valence-corrected chi connectivity index (χ0v) is 8.47. The van der Waals surface area contributed by atoms with Crippen LogP contribution in [0.25, 0.3) is 0 Å². The molecule has 0 heterocycles. The van der Waals surface area contributed by atoms with E-state index in [2.05, 4.69) is 19.2 Å². The summed E-state index contributed by atoms with van der Waals surface area (Å²) in [6.45, 7) is 6.47. The van der Waals surface area contributed by atoms with Crippen LogP contribution in [0.2, 0.25) is 0 Å². The van der Waals surface area contributed by atoms with Crippen LogP contribution in [0.5, 0.6) is 0 Å². The molecule has 0 spiro atoms. The standard InChI is InChI=1S/C10H21NO/c1-4-9-5-10(9)11-6-8(2)7-12-3/h8-11H,4-7H2,1-3H3. The van der Waals surface area contributed by atoms with Crippen molar-refractivity contribution < 1.29 is 4.74 Å². The molecule has 0 amide bonds. The van der Waals surface area contributed by atoms with Crippen molar-refractivity contribution in [2.75, 3.05) is 20.3 Å². The molecule has 1 rings (SSSR count). The van der Waals surface area contributed by atoms with Crippen molar-refractivity contribution in [3.8, 4) is 0 Å². The zero-order valence-electron chi connectivity index (χ0n) is 8.47. The second-order valence-corrected chi connectivity index (χ2v) is 3.98. The molecular formula is C10H21NO. The molecule has 0 aromatic carbocycles. The average molecular weight is 171 g/mol. The highest BCUT2D eigenvalue weighted by molar-refractivity contribution is 4.91. The van der Waals surface area contributed by atoms with Gasteiger partial charge in [-0.1, -0.05) is 20.3 Å². The van der Waals surface area contributed by atoms with Gasteiger partial charge in [0.25, 0.3) is 0 Å². The van der Waals surface area contributed by atoms with Crippen LogP contribution in [0, 0.1) is 11.8 Å². The van der Waals surface area contributed by atoms with Gasteiger partial charge < -0.3 is 10.1 Å². The summed E-state index contributed by atoms with van der Waals surface area (Å²) in [6, 6.07) is 0.814. The van der Waals surface area contributed by atoms with Gasteiger partial charge in [-0.25, -0.2) is 0 Å². The summed E-state index contributed by atoms with van der Waals surface area (Å²) in [5.74, 6) is 1.60. The first-order chi connectivity index (χ1) is 5.77. The van der Waals surface area contributed by atoms with E-state index in [1.54, 1.807) is 7.11 Å². The van der Waals surface area contributed by atoms with Crippen molar-refractivity contribution in [2.24, 2.45) is 11.8 Å². The highest BCUT2D eigenvalue weighted by Gasteiger charge is 2.34. The summed E-state index contributed by atoms with van der Waals surface area (Å²) < 4.78 is 5.07. The monoisotopic (exact) mass is 171 g/mol. The third kappa shape index (κ3) is 3.11. The fourth-order valence-electron chi connectivity index (χ4n) is 1.64. The Kier molecular flexibility index (Phi) is 4.02. The van der Waals surface area contributed by atoms with Gasteiger partial charge in [-0.05, 0) is 18.3 Å². The Morgan fingerprint density at radius 1 is 1.58 bits per heavy atom. The van der Waals surface area contributed by atoms with Gasteiger partial charge in [-0.15, -0.1) is 0 Å². The Hall–Kier alpha value is -0.0800. The number of hydrogen-bond donors (Lipinski definition) is 1. The summed E-state index contributed by atoms with van der Waals surface area (Å²) >= 11 is 0. The van der Waals surface area contributed by atoms with Gasteiger partial charge >= 0.3 is 0 Å². The lowest BCUT2D eigenvalue weighted by atomic mass is 10.2. The maximum atomic E-state index is 5.07. The smallest absolute Gasteiger partial charge is 0.0499 e. The normalized spacial score (nSPS) is 30.2. The van der Waals surface area contributed by atoms with Crippen molar-refractivity contribution in [3.63, 3.8) is 0 Å². The van der Waals surface area contributed by atoms with Crippen LogP contribution in [0.4, 0.5) is 0 Å². The van der Waals surface area contributed by atoms with Crippen molar-refractivity contribution in [2.45, 2.75) is 32.7 Å². The molecule has 2 heteroatoms. The summed E-state index contributed by atoms with van der Waals surface area (Å²) in [5, 5.41) is 3.56. The molecule has 2 nitrogen and oxygen atoms in total. The molecule has 0 aromatic heterocycles. The maximum absolute atomic E-state index is 5.07. The highest BCUT2D eigenvalue weighted by Crippen LogP contribution is 2.32. The zero-order chi connectivity index (χ0) is 8.97. The molecule has 0 saturated heterocycles. The largest absolute Gasteiger partial charge is 0.384 e. The minimum absolute atomic E-state index is 0.646. The minimum atomic E-state index is 0.646. The van der Waals surface area contributed by atoms with Crippen molar-refractivity contribution in [3.05, 3.63) is 0 Å². The summed E-state index contributed by atoms with van der Waals surface area (Å²) in [4.78, 5) is 0. The third-order valence-electron chi connectivity index (χ3n) is 2.63. The van der Waals surface area contributed by atoms with Crippen LogP contribution in [-0.2, 0) is 4.74 Å². The molecule has 1 fully saturated rings. The number of nitrogens with one attached hydrogen (secondary N) is 1. The SMILES string of the molecule is CCC1CC1NCC(C)COC. The summed E-state index contributed by atoms with van der Waals surface area (Å²) in [5.41, 5.74) is 0. The van der Waals surface area contributed by atoms with Crippen molar-refractivity contribution in [1.82, 2.24) is 5.32 Å². The fraction of sp³-hybridized carbons (Fsp3) is 1.00. The van der Waals surface area contributed by atoms with Crippen LogP contribution in [0.1, 0.15) is 26.7 Å². The van der Waals surface area contributed by atoms with Gasteiger partial charge in [0, 0.05) is 26.3 Å². The van der Waals surface area contributed by atoms with Crippen molar-refractivity contribution in [1.29, 1.82) is 0 Å². The Morgan fingerprint density at radius 3 is 2.83 bits per heavy atom. The third-order valence-corrected chi connectivity index (χ3v) is 2.63. The van der Waals surface area contributed by atoms with E-state index in [9.17, 15) is 0 Å². The Labute approximate surface area is 75.7 Å². The minimum Gasteiger partial charge on any atom is -0.384 e. The summed E-state index contributed by atoms with van der Waals surface area (Å²) in [6.07, 6.45) is 2.71. The lowest BCUT2D eigenvalue weighted by Gasteiger charge is -2.10. The maximum Gasteiger partial charge on any atom is 0.0499 e. The van der Waals surface area contributed by atoms with E-state index in [-0.39, 0.29) is 0 Å². The molecule has 1 aliphatic rings. The van der Waals surface area contributed by atoms with E-state index in [4.69, 9.17) is 4.74 Å². The second kappa shape index (κ2) is 4.83. The molecule has 3 atom stereocenters. The van der Waals surface area contributed by atoms with E-state index in [1.165, 1.54) is 12.8 Å². The topological polar surface area (TPSA) is 21.3 Å². The fourth-order valence-corrected chi connectivity index (χ4v) is 1.64. The molecule has 1 N–H and O–H groups in total. The van der Waals surface area contributed by atoms with Crippen LogP contribution in [0.3, 0.4) is 0 Å². The molecule has 1 aliphatic carbocycles. The average Bonchev–Trinajstić information content (AvgIpc) is 2.80. The van der Waals surface area contributed by atoms with E-state index in [1.807, 2.05) is 0 Å². The molecule has 12 heavy (non-hydrogen) atoms. The van der Waals surface area contributed by atoms with E-state index in [0.717, 1.165) is 25.1 Å². The quantitative estimate of drug-likeness (QED) is 0.656. The van der Waals surface area contributed by atoms with Crippen LogP contribution in [0.15, 0.2) is 0 Å². The number of hydrogen-bond acceptors (Lipinski definition) is 2. The van der Waals surface area contributed by atoms with Gasteiger partial charge in [0.2, 0.25) is 0 Å². The molecule has 72 valence electrons. The first kappa shape index (κ1) is 10.0.